The smallest absolute Gasteiger partial charge is 0.253 e. The van der Waals surface area contributed by atoms with Crippen molar-refractivity contribution in [2.75, 3.05) is 33.2 Å². The van der Waals surface area contributed by atoms with E-state index in [0.717, 1.165) is 6.42 Å². The molecule has 1 aromatic heterocycles. The number of benzene rings is 1. The lowest BCUT2D eigenvalue weighted by atomic mass is 9.73. The number of piperidine rings is 2. The lowest BCUT2D eigenvalue weighted by Crippen LogP contribution is -2.59. The number of likely N-dealkylation sites (N-methyl/N-ethyl adjacent to an activating group) is 1. The first-order valence-electron chi connectivity index (χ1n) is 11.7. The van der Waals surface area contributed by atoms with Crippen LogP contribution in [0.4, 0.5) is 0 Å². The van der Waals surface area contributed by atoms with E-state index in [1.807, 2.05) is 65.3 Å². The number of rotatable bonds is 4. The van der Waals surface area contributed by atoms with E-state index < -0.39 is 10.8 Å². The molecule has 0 spiro atoms. The normalized spacial score (nSPS) is 22.5. The summed E-state index contributed by atoms with van der Waals surface area (Å²) in [7, 11) is 1.63. The number of carbonyl (C=O) groups excluding carboxylic acids is 3. The second-order valence-electron chi connectivity index (χ2n) is 9.43. The van der Waals surface area contributed by atoms with Gasteiger partial charge in [0.2, 0.25) is 11.8 Å². The molecule has 4 rings (SSSR count). The summed E-state index contributed by atoms with van der Waals surface area (Å²) in [6.07, 6.45) is 4.31. The average Bonchev–Trinajstić information content (AvgIpc) is 2.88. The van der Waals surface area contributed by atoms with E-state index in [9.17, 15) is 14.4 Å². The Morgan fingerprint density at radius 2 is 1.61 bits per heavy atom. The maximum absolute atomic E-state index is 13.7. The zero-order valence-electron chi connectivity index (χ0n) is 19.4. The van der Waals surface area contributed by atoms with Crippen LogP contribution in [0.5, 0.6) is 0 Å². The number of carbonyl (C=O) groups is 3. The van der Waals surface area contributed by atoms with Crippen LogP contribution >= 0.6 is 0 Å². The van der Waals surface area contributed by atoms with Gasteiger partial charge in [0, 0.05) is 50.4 Å². The molecule has 7 heteroatoms. The molecular weight excluding hydrogens is 416 g/mol. The summed E-state index contributed by atoms with van der Waals surface area (Å²) < 4.78 is 0. The van der Waals surface area contributed by atoms with Crippen LogP contribution in [0.3, 0.4) is 0 Å². The summed E-state index contributed by atoms with van der Waals surface area (Å²) in [6, 6.07) is 14.9. The molecule has 0 saturated carbocycles. The van der Waals surface area contributed by atoms with Gasteiger partial charge in [-0.05, 0) is 49.9 Å². The first-order valence-corrected chi connectivity index (χ1v) is 11.7. The van der Waals surface area contributed by atoms with E-state index in [4.69, 9.17) is 0 Å². The molecular formula is C26H32N4O3. The molecule has 7 nitrogen and oxygen atoms in total. The first-order chi connectivity index (χ1) is 15.9. The average molecular weight is 449 g/mol. The number of pyridine rings is 1. The van der Waals surface area contributed by atoms with E-state index in [-0.39, 0.29) is 17.7 Å². The minimum Gasteiger partial charge on any atom is -0.358 e. The minimum atomic E-state index is -0.843. The van der Waals surface area contributed by atoms with Gasteiger partial charge in [-0.15, -0.1) is 0 Å². The van der Waals surface area contributed by atoms with Crippen LogP contribution in [0.15, 0.2) is 54.7 Å². The summed E-state index contributed by atoms with van der Waals surface area (Å²) in [5.74, 6) is -0.0257. The molecule has 0 radical (unpaired) electrons. The molecule has 3 amide bonds. The fourth-order valence-electron chi connectivity index (χ4n) is 5.19. The highest BCUT2D eigenvalue weighted by atomic mass is 16.2. The molecule has 1 atom stereocenters. The highest BCUT2D eigenvalue weighted by molar-refractivity contribution is 5.94. The summed E-state index contributed by atoms with van der Waals surface area (Å²) in [6.45, 7) is 4.04. The highest BCUT2D eigenvalue weighted by Gasteiger charge is 2.48. The van der Waals surface area contributed by atoms with Gasteiger partial charge in [-0.25, -0.2) is 0 Å². The Morgan fingerprint density at radius 1 is 0.909 bits per heavy atom. The molecule has 0 bridgehead atoms. The number of nitrogens with zero attached hydrogens (tertiary/aromatic N) is 3. The third-order valence-electron chi connectivity index (χ3n) is 7.29. The first kappa shape index (κ1) is 23.0. The van der Waals surface area contributed by atoms with Crippen molar-refractivity contribution in [1.82, 2.24) is 20.1 Å². The molecule has 2 aliphatic heterocycles. The second-order valence-corrected chi connectivity index (χ2v) is 9.43. The van der Waals surface area contributed by atoms with Gasteiger partial charge in [-0.1, -0.05) is 31.2 Å². The molecule has 2 fully saturated rings. The lowest BCUT2D eigenvalue weighted by Gasteiger charge is -2.46. The Kier molecular flexibility index (Phi) is 6.49. The van der Waals surface area contributed by atoms with Gasteiger partial charge in [0.1, 0.15) is 5.41 Å². The molecule has 2 aromatic rings. The Bertz CT molecular complexity index is 1000. The molecule has 3 heterocycles. The standard InChI is InChI=1S/C26H32N4O3/c1-25(13-17-29(18-14-25)22(31)20-9-4-3-5-10-20)24(33)30-16-8-12-26(19-30,23(32)27-2)21-11-6-7-15-28-21/h3-7,9-11,15H,8,12-14,16-19H2,1-2H3,(H,27,32). The van der Waals surface area contributed by atoms with Crippen molar-refractivity contribution in [3.63, 3.8) is 0 Å². The van der Waals surface area contributed by atoms with Gasteiger partial charge in [0.15, 0.2) is 0 Å². The zero-order chi connectivity index (χ0) is 23.5. The van der Waals surface area contributed by atoms with Crippen LogP contribution < -0.4 is 5.32 Å². The van der Waals surface area contributed by atoms with Crippen molar-refractivity contribution in [1.29, 1.82) is 0 Å². The van der Waals surface area contributed by atoms with Crippen LogP contribution in [0.25, 0.3) is 0 Å². The molecule has 2 saturated heterocycles. The largest absolute Gasteiger partial charge is 0.358 e. The number of likely N-dealkylation sites (tertiary alicyclic amines) is 2. The van der Waals surface area contributed by atoms with Crippen molar-refractivity contribution in [3.8, 4) is 0 Å². The van der Waals surface area contributed by atoms with E-state index in [1.165, 1.54) is 0 Å². The van der Waals surface area contributed by atoms with Gasteiger partial charge >= 0.3 is 0 Å². The van der Waals surface area contributed by atoms with Gasteiger partial charge < -0.3 is 15.1 Å². The van der Waals surface area contributed by atoms with Gasteiger partial charge in [-0.2, -0.15) is 0 Å². The SMILES string of the molecule is CNC(=O)C1(c2ccccn2)CCCN(C(=O)C2(C)CCN(C(=O)c3ccccc3)CC2)C1. The van der Waals surface area contributed by atoms with E-state index in [2.05, 4.69) is 10.3 Å². The van der Waals surface area contributed by atoms with E-state index >= 15 is 0 Å². The van der Waals surface area contributed by atoms with Crippen molar-refractivity contribution >= 4 is 17.7 Å². The molecule has 0 aliphatic carbocycles. The number of aromatic nitrogens is 1. The van der Waals surface area contributed by atoms with E-state index in [0.29, 0.717) is 56.7 Å². The van der Waals surface area contributed by atoms with Crippen LogP contribution in [-0.2, 0) is 15.0 Å². The predicted molar refractivity (Wildman–Crippen MR) is 125 cm³/mol. The maximum Gasteiger partial charge on any atom is 0.253 e. The summed E-state index contributed by atoms with van der Waals surface area (Å²) in [4.78, 5) is 47.7. The second kappa shape index (κ2) is 9.33. The highest BCUT2D eigenvalue weighted by Crippen LogP contribution is 2.38. The van der Waals surface area contributed by atoms with Gasteiger partial charge in [-0.3, -0.25) is 19.4 Å². The minimum absolute atomic E-state index is 0.0110. The quantitative estimate of drug-likeness (QED) is 0.780. The Balaban J connectivity index is 1.48. The summed E-state index contributed by atoms with van der Waals surface area (Å²) in [5.41, 5.74) is -0.0161. The van der Waals surface area contributed by atoms with Crippen LogP contribution in [0.2, 0.25) is 0 Å². The topological polar surface area (TPSA) is 82.6 Å². The molecule has 33 heavy (non-hydrogen) atoms. The Morgan fingerprint density at radius 3 is 2.24 bits per heavy atom. The van der Waals surface area contributed by atoms with Gasteiger partial charge in [0.25, 0.3) is 5.91 Å². The summed E-state index contributed by atoms with van der Waals surface area (Å²) in [5, 5.41) is 2.80. The van der Waals surface area contributed by atoms with Crippen LogP contribution in [-0.4, -0.2) is 65.7 Å². The predicted octanol–water partition coefficient (Wildman–Crippen LogP) is 2.63. The zero-order valence-corrected chi connectivity index (χ0v) is 19.4. The third-order valence-corrected chi connectivity index (χ3v) is 7.29. The van der Waals surface area contributed by atoms with Crippen LogP contribution in [0, 0.1) is 5.41 Å². The fraction of sp³-hybridized carbons (Fsp3) is 0.462. The maximum atomic E-state index is 13.7. The van der Waals surface area contributed by atoms with Crippen molar-refractivity contribution < 1.29 is 14.4 Å². The molecule has 1 N–H and O–H groups in total. The number of nitrogens with one attached hydrogen (secondary N) is 1. The molecule has 1 unspecified atom stereocenters. The number of amides is 3. The third kappa shape index (κ3) is 4.36. The molecule has 174 valence electrons. The number of hydrogen-bond donors (Lipinski definition) is 1. The molecule has 2 aliphatic rings. The van der Waals surface area contributed by atoms with Crippen molar-refractivity contribution in [3.05, 3.63) is 66.0 Å². The summed E-state index contributed by atoms with van der Waals surface area (Å²) >= 11 is 0. The fourth-order valence-corrected chi connectivity index (χ4v) is 5.19. The monoisotopic (exact) mass is 448 g/mol. The molecule has 1 aromatic carbocycles. The van der Waals surface area contributed by atoms with Crippen molar-refractivity contribution in [2.24, 2.45) is 5.41 Å². The Labute approximate surface area is 195 Å². The van der Waals surface area contributed by atoms with Gasteiger partial charge in [0.05, 0.1) is 5.69 Å². The lowest BCUT2D eigenvalue weighted by molar-refractivity contribution is -0.147. The Hall–Kier alpha value is -3.22. The van der Waals surface area contributed by atoms with Crippen molar-refractivity contribution in [2.45, 2.75) is 38.0 Å². The van der Waals surface area contributed by atoms with E-state index in [1.54, 1.807) is 13.2 Å². The van der Waals surface area contributed by atoms with Crippen LogP contribution in [0.1, 0.15) is 48.7 Å². The number of hydrogen-bond acceptors (Lipinski definition) is 4.